The number of non-ortho nitro benzene ring substituents is 1. The third-order valence-corrected chi connectivity index (χ3v) is 8.07. The van der Waals surface area contributed by atoms with Crippen LogP contribution in [0.2, 0.25) is 0 Å². The molecule has 0 amide bonds. The van der Waals surface area contributed by atoms with E-state index in [9.17, 15) is 10.1 Å². The molecule has 0 saturated carbocycles. The van der Waals surface area contributed by atoms with Crippen LogP contribution in [-0.4, -0.2) is 40.9 Å². The van der Waals surface area contributed by atoms with Gasteiger partial charge in [0.1, 0.15) is 0 Å². The van der Waals surface area contributed by atoms with E-state index < -0.39 is 4.92 Å². The summed E-state index contributed by atoms with van der Waals surface area (Å²) in [6.07, 6.45) is 4.10. The highest BCUT2D eigenvalue weighted by molar-refractivity contribution is 5.32. The number of aryl methyl sites for hydroxylation is 2. The molecular weight excluding hydrogens is 542 g/mol. The van der Waals surface area contributed by atoms with Gasteiger partial charge in [-0.1, -0.05) is 128 Å². The Morgan fingerprint density at radius 3 is 1.41 bits per heavy atom. The van der Waals surface area contributed by atoms with Crippen LogP contribution < -0.4 is 0 Å². The predicted octanol–water partition coefficient (Wildman–Crippen LogP) is 9.35. The summed E-state index contributed by atoms with van der Waals surface area (Å²) in [6, 6.07) is 38.2. The Bertz CT molecular complexity index is 1310. The molecule has 4 aromatic carbocycles. The average molecular weight is 594 g/mol. The third-order valence-electron chi connectivity index (χ3n) is 8.07. The fourth-order valence-electron chi connectivity index (χ4n) is 5.27. The van der Waals surface area contributed by atoms with Crippen molar-refractivity contribution in [3.8, 4) is 0 Å². The number of piperidine rings is 1. The Kier molecular flexibility index (Phi) is 15.4. The monoisotopic (exact) mass is 593 g/mol. The molecular formula is C39H51N3O2. The Balaban J connectivity index is 0.000000165. The van der Waals surface area contributed by atoms with Crippen molar-refractivity contribution < 1.29 is 4.92 Å². The molecule has 1 unspecified atom stereocenters. The summed E-state index contributed by atoms with van der Waals surface area (Å²) >= 11 is 0. The zero-order valence-electron chi connectivity index (χ0n) is 27.1. The zero-order chi connectivity index (χ0) is 31.6. The highest BCUT2D eigenvalue weighted by atomic mass is 16.6. The van der Waals surface area contributed by atoms with Crippen LogP contribution >= 0.6 is 0 Å². The first kappa shape index (κ1) is 34.7. The number of nitro groups is 1. The van der Waals surface area contributed by atoms with E-state index in [0.29, 0.717) is 0 Å². The molecule has 0 radical (unpaired) electrons. The van der Waals surface area contributed by atoms with E-state index in [4.69, 9.17) is 0 Å². The van der Waals surface area contributed by atoms with Gasteiger partial charge in [-0.25, -0.2) is 0 Å². The SMILES string of the molecule is CC1CCN(Cc2ccccc2)C1.CC1CCN(Cc2ccccc2)CC1.Cc1ccc([N+](=O)[O-])cc1.Cc1ccccc1. The topological polar surface area (TPSA) is 49.6 Å². The van der Waals surface area contributed by atoms with E-state index in [0.717, 1.165) is 30.5 Å². The first-order chi connectivity index (χ1) is 21.3. The fourth-order valence-corrected chi connectivity index (χ4v) is 5.27. The lowest BCUT2D eigenvalue weighted by atomic mass is 9.99. The maximum Gasteiger partial charge on any atom is 0.269 e. The van der Waals surface area contributed by atoms with Crippen molar-refractivity contribution in [2.45, 2.75) is 60.0 Å². The number of rotatable bonds is 5. The van der Waals surface area contributed by atoms with Crippen LogP contribution in [0.4, 0.5) is 5.69 Å². The van der Waals surface area contributed by atoms with Gasteiger partial charge in [-0.2, -0.15) is 0 Å². The molecule has 2 aliphatic rings. The van der Waals surface area contributed by atoms with E-state index in [2.05, 4.69) is 103 Å². The molecule has 0 aliphatic carbocycles. The Hall–Kier alpha value is -3.80. The molecule has 2 saturated heterocycles. The molecule has 5 heteroatoms. The van der Waals surface area contributed by atoms with Crippen molar-refractivity contribution >= 4 is 5.69 Å². The molecule has 2 heterocycles. The fraction of sp³-hybridized carbons (Fsp3) is 0.385. The summed E-state index contributed by atoms with van der Waals surface area (Å²) in [6.45, 7) is 16.0. The average Bonchev–Trinajstić information content (AvgIpc) is 3.45. The van der Waals surface area contributed by atoms with Gasteiger partial charge in [0.05, 0.1) is 4.92 Å². The van der Waals surface area contributed by atoms with E-state index in [1.165, 1.54) is 74.3 Å². The van der Waals surface area contributed by atoms with E-state index in [-0.39, 0.29) is 5.69 Å². The molecule has 2 fully saturated rings. The number of hydrogen-bond acceptors (Lipinski definition) is 4. The number of hydrogen-bond donors (Lipinski definition) is 0. The van der Waals surface area contributed by atoms with Crippen molar-refractivity contribution in [1.29, 1.82) is 0 Å². The van der Waals surface area contributed by atoms with Crippen LogP contribution in [0.25, 0.3) is 0 Å². The van der Waals surface area contributed by atoms with Crippen molar-refractivity contribution in [3.05, 3.63) is 148 Å². The van der Waals surface area contributed by atoms with Gasteiger partial charge in [-0.3, -0.25) is 19.9 Å². The van der Waals surface area contributed by atoms with Gasteiger partial charge < -0.3 is 0 Å². The summed E-state index contributed by atoms with van der Waals surface area (Å²) in [4.78, 5) is 14.8. The summed E-state index contributed by atoms with van der Waals surface area (Å²) in [5.41, 5.74) is 5.39. The van der Waals surface area contributed by atoms with Crippen LogP contribution in [0, 0.1) is 35.8 Å². The minimum absolute atomic E-state index is 0.144. The van der Waals surface area contributed by atoms with Crippen molar-refractivity contribution in [1.82, 2.24) is 9.80 Å². The molecule has 1 atom stereocenters. The van der Waals surface area contributed by atoms with Crippen molar-refractivity contribution in [3.63, 3.8) is 0 Å². The van der Waals surface area contributed by atoms with Crippen LogP contribution in [0.15, 0.2) is 115 Å². The van der Waals surface area contributed by atoms with Gasteiger partial charge in [0.25, 0.3) is 5.69 Å². The van der Waals surface area contributed by atoms with Gasteiger partial charge in [-0.15, -0.1) is 0 Å². The second-order valence-electron chi connectivity index (χ2n) is 12.3. The van der Waals surface area contributed by atoms with Gasteiger partial charge in [0, 0.05) is 31.8 Å². The predicted molar refractivity (Wildman–Crippen MR) is 185 cm³/mol. The van der Waals surface area contributed by atoms with Gasteiger partial charge in [0.2, 0.25) is 0 Å². The van der Waals surface area contributed by atoms with E-state index in [1.54, 1.807) is 12.1 Å². The standard InChI is InChI=1S/C13H19N.C12H17N.C7H7NO2.C7H8/c1-12-7-9-14(10-8-12)11-13-5-3-2-4-6-13;1-11-7-8-13(9-11)10-12-5-3-2-4-6-12;1-6-2-4-7(5-3-6)8(9)10;1-7-5-3-2-4-6-7/h2-6,12H,7-11H2,1H3;2-6,11H,7-10H2,1H3;2-5H,1H3;2-6H,1H3. The second kappa shape index (κ2) is 19.5. The third kappa shape index (κ3) is 14.1. The Morgan fingerprint density at radius 1 is 0.591 bits per heavy atom. The Morgan fingerprint density at radius 2 is 1.00 bits per heavy atom. The van der Waals surface area contributed by atoms with Gasteiger partial charge in [-0.05, 0) is 75.7 Å². The minimum Gasteiger partial charge on any atom is -0.299 e. The smallest absolute Gasteiger partial charge is 0.269 e. The number of benzene rings is 4. The van der Waals surface area contributed by atoms with E-state index in [1.807, 2.05) is 25.1 Å². The lowest BCUT2D eigenvalue weighted by Gasteiger charge is -2.30. The molecule has 44 heavy (non-hydrogen) atoms. The highest BCUT2D eigenvalue weighted by Gasteiger charge is 2.18. The summed E-state index contributed by atoms with van der Waals surface area (Å²) in [7, 11) is 0. The van der Waals surface area contributed by atoms with Crippen LogP contribution in [0.1, 0.15) is 55.4 Å². The first-order valence-corrected chi connectivity index (χ1v) is 16.0. The highest BCUT2D eigenvalue weighted by Crippen LogP contribution is 2.18. The van der Waals surface area contributed by atoms with Gasteiger partial charge >= 0.3 is 0 Å². The number of nitro benzene ring substituents is 1. The Labute approximate surface area is 265 Å². The molecule has 234 valence electrons. The molecule has 4 aromatic rings. The minimum atomic E-state index is -0.403. The number of nitrogens with zero attached hydrogens (tertiary/aromatic N) is 3. The summed E-state index contributed by atoms with van der Waals surface area (Å²) in [5.74, 6) is 1.82. The molecule has 2 aliphatic heterocycles. The molecule has 0 N–H and O–H groups in total. The van der Waals surface area contributed by atoms with E-state index >= 15 is 0 Å². The molecule has 5 nitrogen and oxygen atoms in total. The second-order valence-corrected chi connectivity index (χ2v) is 12.3. The quantitative estimate of drug-likeness (QED) is 0.171. The van der Waals surface area contributed by atoms with Gasteiger partial charge in [0.15, 0.2) is 0 Å². The van der Waals surface area contributed by atoms with Crippen LogP contribution in [0.5, 0.6) is 0 Å². The largest absolute Gasteiger partial charge is 0.299 e. The lowest BCUT2D eigenvalue weighted by Crippen LogP contribution is -2.32. The van der Waals surface area contributed by atoms with Crippen LogP contribution in [0.3, 0.4) is 0 Å². The lowest BCUT2D eigenvalue weighted by molar-refractivity contribution is -0.384. The summed E-state index contributed by atoms with van der Waals surface area (Å²) in [5, 5.41) is 10.1. The maximum absolute atomic E-state index is 10.1. The normalized spacial score (nSPS) is 16.8. The molecule has 0 aromatic heterocycles. The molecule has 0 bridgehead atoms. The molecule has 6 rings (SSSR count). The number of likely N-dealkylation sites (tertiary alicyclic amines) is 2. The van der Waals surface area contributed by atoms with Crippen molar-refractivity contribution in [2.75, 3.05) is 26.2 Å². The van der Waals surface area contributed by atoms with Crippen molar-refractivity contribution in [2.24, 2.45) is 11.8 Å². The maximum atomic E-state index is 10.1. The van der Waals surface area contributed by atoms with Crippen LogP contribution in [-0.2, 0) is 13.1 Å². The first-order valence-electron chi connectivity index (χ1n) is 16.0. The molecule has 0 spiro atoms. The summed E-state index contributed by atoms with van der Waals surface area (Å²) < 4.78 is 0. The zero-order valence-corrected chi connectivity index (χ0v) is 27.1.